The van der Waals surface area contributed by atoms with Gasteiger partial charge in [-0.25, -0.2) is 0 Å². The maximum atomic E-state index is 10.6. The number of benzene rings is 1. The zero-order valence-corrected chi connectivity index (χ0v) is 11.9. The van der Waals surface area contributed by atoms with Crippen molar-refractivity contribution < 1.29 is 14.4 Å². The minimum Gasteiger partial charge on any atom is -0.480 e. The number of hydrogen-bond acceptors (Lipinski definition) is 6. The van der Waals surface area contributed by atoms with E-state index < -0.39 is 12.0 Å². The molecule has 1 atom stereocenters. The van der Waals surface area contributed by atoms with Crippen LogP contribution in [0, 0.1) is 0 Å². The van der Waals surface area contributed by atoms with Crippen LogP contribution in [0.25, 0.3) is 11.4 Å². The quantitative estimate of drug-likeness (QED) is 0.841. The molecule has 0 amide bonds. The highest BCUT2D eigenvalue weighted by Crippen LogP contribution is 2.21. The van der Waals surface area contributed by atoms with E-state index in [1.165, 1.54) is 11.8 Å². The third-order valence-electron chi connectivity index (χ3n) is 2.39. The van der Waals surface area contributed by atoms with E-state index >= 15 is 0 Å². The number of carboxylic acids is 1. The van der Waals surface area contributed by atoms with Crippen molar-refractivity contribution in [3.05, 3.63) is 35.2 Å². The maximum Gasteiger partial charge on any atom is 0.321 e. The summed E-state index contributed by atoms with van der Waals surface area (Å²) in [6.45, 7) is 0. The lowest BCUT2D eigenvalue weighted by molar-refractivity contribution is -0.137. The lowest BCUT2D eigenvalue weighted by Gasteiger charge is -2.03. The van der Waals surface area contributed by atoms with Crippen molar-refractivity contribution in [2.45, 2.75) is 11.8 Å². The molecular weight excluding hydrogens is 302 g/mol. The van der Waals surface area contributed by atoms with Gasteiger partial charge in [0.25, 0.3) is 0 Å². The number of carboxylic acid groups (broad SMARTS) is 1. The fraction of sp³-hybridized carbons (Fsp3) is 0.250. The monoisotopic (exact) mass is 313 g/mol. The number of nitrogens with two attached hydrogens (primary N) is 1. The molecule has 0 bridgehead atoms. The highest BCUT2D eigenvalue weighted by Gasteiger charge is 2.13. The van der Waals surface area contributed by atoms with Crippen molar-refractivity contribution in [3.63, 3.8) is 0 Å². The van der Waals surface area contributed by atoms with E-state index in [-0.39, 0.29) is 5.75 Å². The normalized spacial score (nSPS) is 12.3. The van der Waals surface area contributed by atoms with Crippen LogP contribution in [0.2, 0.25) is 5.02 Å². The van der Waals surface area contributed by atoms with Crippen molar-refractivity contribution in [2.75, 3.05) is 5.75 Å². The third-order valence-corrected chi connectivity index (χ3v) is 3.67. The molecule has 0 fully saturated rings. The summed E-state index contributed by atoms with van der Waals surface area (Å²) in [4.78, 5) is 14.8. The molecule has 0 radical (unpaired) electrons. The van der Waals surface area contributed by atoms with E-state index in [4.69, 9.17) is 27.0 Å². The first-order chi connectivity index (χ1) is 9.56. The van der Waals surface area contributed by atoms with Crippen LogP contribution in [0.3, 0.4) is 0 Å². The summed E-state index contributed by atoms with van der Waals surface area (Å²) in [5.41, 5.74) is 6.16. The van der Waals surface area contributed by atoms with Crippen molar-refractivity contribution in [1.82, 2.24) is 10.1 Å². The average Bonchev–Trinajstić information content (AvgIpc) is 2.87. The predicted molar refractivity (Wildman–Crippen MR) is 76.5 cm³/mol. The van der Waals surface area contributed by atoms with Crippen LogP contribution < -0.4 is 5.73 Å². The van der Waals surface area contributed by atoms with Crippen molar-refractivity contribution in [1.29, 1.82) is 0 Å². The number of aromatic nitrogens is 2. The smallest absolute Gasteiger partial charge is 0.321 e. The van der Waals surface area contributed by atoms with Gasteiger partial charge in [0.2, 0.25) is 11.7 Å². The van der Waals surface area contributed by atoms with Gasteiger partial charge in [-0.15, -0.1) is 11.8 Å². The summed E-state index contributed by atoms with van der Waals surface area (Å²) in [6, 6.07) is 6.23. The molecule has 2 rings (SSSR count). The molecule has 2 aromatic rings. The topological polar surface area (TPSA) is 102 Å². The van der Waals surface area contributed by atoms with Gasteiger partial charge >= 0.3 is 5.97 Å². The van der Waals surface area contributed by atoms with Crippen LogP contribution in [0.4, 0.5) is 0 Å². The van der Waals surface area contributed by atoms with Crippen molar-refractivity contribution in [3.8, 4) is 11.4 Å². The van der Waals surface area contributed by atoms with Gasteiger partial charge in [-0.3, -0.25) is 4.79 Å². The number of halogens is 1. The van der Waals surface area contributed by atoms with Gasteiger partial charge in [-0.1, -0.05) is 28.9 Å². The van der Waals surface area contributed by atoms with Gasteiger partial charge in [-0.2, -0.15) is 4.98 Å². The van der Waals surface area contributed by atoms with E-state index in [0.717, 1.165) is 5.56 Å². The van der Waals surface area contributed by atoms with E-state index in [1.54, 1.807) is 18.2 Å². The van der Waals surface area contributed by atoms with Crippen LogP contribution in [0.1, 0.15) is 5.89 Å². The first kappa shape index (κ1) is 14.8. The summed E-state index contributed by atoms with van der Waals surface area (Å²) in [5.74, 6) is 0.537. The van der Waals surface area contributed by atoms with Crippen LogP contribution in [-0.4, -0.2) is 33.0 Å². The highest BCUT2D eigenvalue weighted by atomic mass is 35.5. The standard InChI is InChI=1S/C12H12ClN3O3S/c13-8-3-1-2-7(4-8)11-15-10(19-16-11)6-20-5-9(14)12(17)18/h1-4,9H,5-6,14H2,(H,17,18)/t9-/m1/s1. The Kier molecular flexibility index (Phi) is 4.99. The van der Waals surface area contributed by atoms with Crippen molar-refractivity contribution >= 4 is 29.3 Å². The molecule has 3 N–H and O–H groups in total. The minimum absolute atomic E-state index is 0.282. The zero-order valence-electron chi connectivity index (χ0n) is 10.3. The molecular formula is C12H12ClN3O3S. The van der Waals surface area contributed by atoms with E-state index in [9.17, 15) is 4.79 Å². The number of rotatable bonds is 6. The Labute approximate surface area is 124 Å². The summed E-state index contributed by atoms with van der Waals surface area (Å²) in [6.07, 6.45) is 0. The minimum atomic E-state index is -1.03. The summed E-state index contributed by atoms with van der Waals surface area (Å²) < 4.78 is 5.09. The van der Waals surface area contributed by atoms with Crippen LogP contribution in [-0.2, 0) is 10.5 Å². The SMILES string of the molecule is N[C@H](CSCc1nc(-c2cccc(Cl)c2)no1)C(=O)O. The third kappa shape index (κ3) is 3.96. The molecule has 0 saturated heterocycles. The summed E-state index contributed by atoms with van der Waals surface area (Å²) >= 11 is 7.22. The van der Waals surface area contributed by atoms with Gasteiger partial charge in [-0.05, 0) is 12.1 Å². The van der Waals surface area contributed by atoms with Gasteiger partial charge in [0.1, 0.15) is 6.04 Å². The molecule has 0 spiro atoms. The van der Waals surface area contributed by atoms with Gasteiger partial charge in [0.15, 0.2) is 0 Å². The Morgan fingerprint density at radius 1 is 1.55 bits per heavy atom. The second-order valence-electron chi connectivity index (χ2n) is 3.98. The molecule has 1 aromatic carbocycles. The molecule has 8 heteroatoms. The second-order valence-corrected chi connectivity index (χ2v) is 5.45. The Morgan fingerprint density at radius 2 is 2.35 bits per heavy atom. The highest BCUT2D eigenvalue weighted by molar-refractivity contribution is 7.98. The van der Waals surface area contributed by atoms with Gasteiger partial charge in [0.05, 0.1) is 5.75 Å². The molecule has 1 aromatic heterocycles. The Morgan fingerprint density at radius 3 is 3.05 bits per heavy atom. The van der Waals surface area contributed by atoms with Crippen molar-refractivity contribution in [2.24, 2.45) is 5.73 Å². The van der Waals surface area contributed by atoms with Crippen LogP contribution in [0.5, 0.6) is 0 Å². The Hall–Kier alpha value is -1.57. The molecule has 0 unspecified atom stereocenters. The number of nitrogens with zero attached hydrogens (tertiary/aromatic N) is 2. The number of aliphatic carboxylic acids is 1. The number of thioether (sulfide) groups is 1. The lowest BCUT2D eigenvalue weighted by Crippen LogP contribution is -2.32. The first-order valence-corrected chi connectivity index (χ1v) is 7.24. The molecule has 6 nitrogen and oxygen atoms in total. The molecule has 0 aliphatic heterocycles. The van der Waals surface area contributed by atoms with Gasteiger partial charge in [0, 0.05) is 16.3 Å². The molecule has 0 saturated carbocycles. The average molecular weight is 314 g/mol. The Bertz CT molecular complexity index is 605. The summed E-state index contributed by atoms with van der Waals surface area (Å²) in [5, 5.41) is 13.1. The molecule has 0 aliphatic carbocycles. The second kappa shape index (κ2) is 6.74. The first-order valence-electron chi connectivity index (χ1n) is 5.71. The number of carbonyl (C=O) groups is 1. The maximum absolute atomic E-state index is 10.6. The lowest BCUT2D eigenvalue weighted by atomic mass is 10.2. The van der Waals surface area contributed by atoms with E-state index in [2.05, 4.69) is 10.1 Å². The van der Waals surface area contributed by atoms with Crippen LogP contribution >= 0.6 is 23.4 Å². The predicted octanol–water partition coefficient (Wildman–Crippen LogP) is 2.04. The number of hydrogen-bond donors (Lipinski definition) is 2. The van der Waals surface area contributed by atoms with E-state index in [0.29, 0.717) is 22.5 Å². The Balaban J connectivity index is 1.94. The molecule has 106 valence electrons. The van der Waals surface area contributed by atoms with Crippen LogP contribution in [0.15, 0.2) is 28.8 Å². The fourth-order valence-electron chi connectivity index (χ4n) is 1.40. The molecule has 1 heterocycles. The zero-order chi connectivity index (χ0) is 14.5. The largest absolute Gasteiger partial charge is 0.480 e. The van der Waals surface area contributed by atoms with Gasteiger partial charge < -0.3 is 15.4 Å². The molecule has 0 aliphatic rings. The van der Waals surface area contributed by atoms with E-state index in [1.807, 2.05) is 6.07 Å². The molecule has 20 heavy (non-hydrogen) atoms. The fourth-order valence-corrected chi connectivity index (χ4v) is 2.40. The summed E-state index contributed by atoms with van der Waals surface area (Å²) in [7, 11) is 0.